The van der Waals surface area contributed by atoms with Gasteiger partial charge in [0.1, 0.15) is 47.8 Å². The van der Waals surface area contributed by atoms with Crippen LogP contribution in [0, 0.1) is 0 Å². The largest absolute Gasteiger partial charge is 0.508 e. The van der Waals surface area contributed by atoms with Crippen molar-refractivity contribution in [2.75, 3.05) is 32.7 Å². The third kappa shape index (κ3) is 19.3. The third-order valence-electron chi connectivity index (χ3n) is 11.6. The van der Waals surface area contributed by atoms with Crippen LogP contribution in [0.5, 0.6) is 5.75 Å². The number of aromatic hydroxyl groups is 1. The molecule has 16 N–H and O–H groups in total. The molecule has 2 aliphatic rings. The van der Waals surface area contributed by atoms with Crippen LogP contribution in [-0.2, 0) is 43.2 Å². The van der Waals surface area contributed by atoms with Crippen LogP contribution in [-0.4, -0.2) is 149 Å². The van der Waals surface area contributed by atoms with Crippen LogP contribution < -0.4 is 59.4 Å². The lowest BCUT2D eigenvalue weighted by Gasteiger charge is -2.23. The molecule has 0 saturated heterocycles. The van der Waals surface area contributed by atoms with Crippen LogP contribution in [0.4, 0.5) is 0 Å². The monoisotopic (exact) mass is 1090 g/mol. The fraction of sp³-hybridized carbons (Fsp3) is 0.380. The zero-order chi connectivity index (χ0) is 57.5. The Morgan fingerprint density at radius 2 is 1.28 bits per heavy atom. The van der Waals surface area contributed by atoms with Gasteiger partial charge in [-0.2, -0.15) is 0 Å². The number of hydrogen-bond acceptors (Lipinski definition) is 15. The second kappa shape index (κ2) is 30.1. The van der Waals surface area contributed by atoms with E-state index in [1.165, 1.54) is 61.5 Å². The predicted molar refractivity (Wildman–Crippen MR) is 276 cm³/mol. The van der Waals surface area contributed by atoms with Crippen molar-refractivity contribution >= 4 is 82.6 Å². The van der Waals surface area contributed by atoms with E-state index in [2.05, 4.69) is 47.5 Å². The molecule has 418 valence electrons. The minimum absolute atomic E-state index is 0.0275. The summed E-state index contributed by atoms with van der Waals surface area (Å²) in [5.74, 6) is -10.1. The van der Waals surface area contributed by atoms with E-state index >= 15 is 0 Å². The topological polar surface area (TPSA) is 460 Å². The van der Waals surface area contributed by atoms with Crippen LogP contribution in [0.1, 0.15) is 85.4 Å². The molecule has 78 heavy (non-hydrogen) atoms. The summed E-state index contributed by atoms with van der Waals surface area (Å²) >= 11 is 0. The maximum atomic E-state index is 13.7. The van der Waals surface area contributed by atoms with E-state index in [-0.39, 0.29) is 123 Å². The first-order valence-corrected chi connectivity index (χ1v) is 24.3. The molecule has 0 saturated carbocycles. The van der Waals surface area contributed by atoms with Gasteiger partial charge < -0.3 is 78.8 Å². The van der Waals surface area contributed by atoms with Gasteiger partial charge in [-0.05, 0) is 93.3 Å². The number of benzene rings is 3. The Labute approximate surface area is 443 Å². The number of rotatable bonds is 32. The van der Waals surface area contributed by atoms with E-state index in [1.54, 1.807) is 0 Å². The number of carbonyl (C=O) groups is 11. The molecule has 0 aromatic heterocycles. The molecular weight excluding hydrogens is 1030 g/mol. The van der Waals surface area contributed by atoms with Crippen LogP contribution in [0.3, 0.4) is 0 Å². The van der Waals surface area contributed by atoms with E-state index in [9.17, 15) is 72.9 Å². The number of guanidine groups is 1. The molecule has 0 bridgehead atoms. The fourth-order valence-electron chi connectivity index (χ4n) is 7.95. The Morgan fingerprint density at radius 3 is 1.94 bits per heavy atom. The highest BCUT2D eigenvalue weighted by Gasteiger charge is 2.30. The summed E-state index contributed by atoms with van der Waals surface area (Å²) in [6.07, 6.45) is 0.321. The summed E-state index contributed by atoms with van der Waals surface area (Å²) in [6.45, 7) is -0.217. The second-order valence-corrected chi connectivity index (χ2v) is 17.6. The molecule has 1 aliphatic heterocycles. The minimum Gasteiger partial charge on any atom is -0.508 e. The van der Waals surface area contributed by atoms with Gasteiger partial charge in [0, 0.05) is 60.8 Å². The number of fused-ring (bicyclic) bond motifs is 2. The molecular formula is C50H61N11O17. The predicted octanol–water partition coefficient (Wildman–Crippen LogP) is -1.41. The first-order valence-electron chi connectivity index (χ1n) is 24.3. The van der Waals surface area contributed by atoms with Crippen molar-refractivity contribution in [3.8, 4) is 28.2 Å². The Kier molecular flexibility index (Phi) is 23.5. The van der Waals surface area contributed by atoms with Crippen molar-refractivity contribution in [3.63, 3.8) is 0 Å². The Bertz CT molecular complexity index is 2940. The first-order chi connectivity index (χ1) is 37.1. The fourth-order valence-corrected chi connectivity index (χ4v) is 7.95. The normalized spacial score (nSPS) is 12.3. The summed E-state index contributed by atoms with van der Waals surface area (Å²) < 4.78 is 5.87. The zero-order valence-electron chi connectivity index (χ0n) is 42.2. The average Bonchev–Trinajstić information content (AvgIpc) is 3.42. The van der Waals surface area contributed by atoms with Gasteiger partial charge in [-0.3, -0.25) is 57.7 Å². The highest BCUT2D eigenvalue weighted by atomic mass is 16.4. The van der Waals surface area contributed by atoms with Gasteiger partial charge in [-0.15, -0.1) is 0 Å². The van der Waals surface area contributed by atoms with E-state index in [4.69, 9.17) is 21.0 Å². The number of aliphatic carboxylic acids is 2. The summed E-state index contributed by atoms with van der Waals surface area (Å²) in [7, 11) is 0. The quantitative estimate of drug-likeness (QED) is 0.00878. The number of carboxylic acid groups (broad SMARTS) is 3. The van der Waals surface area contributed by atoms with Crippen molar-refractivity contribution < 1.29 is 77.6 Å². The summed E-state index contributed by atoms with van der Waals surface area (Å²) in [6, 6.07) is 6.84. The van der Waals surface area contributed by atoms with Crippen molar-refractivity contribution in [2.24, 2.45) is 16.5 Å². The number of nitrogens with one attached hydrogen (secondary N) is 8. The number of unbranched alkanes of at least 4 members (excludes halogenated alkanes) is 2. The average molecular weight is 1090 g/mol. The number of nitrogens with two attached hydrogens (primary N) is 2. The van der Waals surface area contributed by atoms with Crippen molar-refractivity contribution in [2.45, 2.75) is 88.9 Å². The third-order valence-corrected chi connectivity index (χ3v) is 11.6. The number of aromatic carboxylic acids is 1. The maximum Gasteiger partial charge on any atom is 0.336 e. The second-order valence-electron chi connectivity index (χ2n) is 17.6. The Balaban J connectivity index is 1.46. The number of phenolic OH excluding ortho intramolecular Hbond substituents is 1. The molecule has 0 spiro atoms. The molecule has 4 rings (SSSR count). The van der Waals surface area contributed by atoms with Crippen molar-refractivity contribution in [3.05, 3.63) is 75.9 Å². The van der Waals surface area contributed by atoms with Gasteiger partial charge >= 0.3 is 17.9 Å². The molecule has 0 radical (unpaired) electrons. The van der Waals surface area contributed by atoms with Gasteiger partial charge in [0.25, 0.3) is 5.91 Å². The lowest BCUT2D eigenvalue weighted by Crippen LogP contribution is -2.56. The Hall–Kier alpha value is -9.63. The molecule has 1 aliphatic carbocycles. The van der Waals surface area contributed by atoms with Crippen LogP contribution in [0.25, 0.3) is 33.4 Å². The number of aliphatic imine (C=N–C) groups is 1. The number of nitrogens with zero attached hydrogens (tertiary/aromatic N) is 1. The molecule has 28 nitrogen and oxygen atoms in total. The SMILES string of the molecule is CC(=O)N[C@@H](CCCN=C(N)N)C(=O)NCC(=O)N[C@@H](CC(=O)O)C(=O)N[C@@H](CCCCNC(=O)c1ccc(-c2c3ccc(=O)cc-3oc3cc(O)ccc23)c(C(=O)O)c1)C(=O)NCCCC[C@H](NC=O)C(=O)NCC(=O)O. The van der Waals surface area contributed by atoms with Gasteiger partial charge in [0.05, 0.1) is 18.5 Å². The van der Waals surface area contributed by atoms with E-state index in [0.717, 1.165) is 0 Å². The lowest BCUT2D eigenvalue weighted by molar-refractivity contribution is -0.141. The van der Waals surface area contributed by atoms with Gasteiger partial charge in [-0.25, -0.2) is 4.79 Å². The molecule has 2 aromatic carbocycles. The molecule has 0 unspecified atom stereocenters. The van der Waals surface area contributed by atoms with Crippen molar-refractivity contribution in [1.29, 1.82) is 0 Å². The summed E-state index contributed by atoms with van der Waals surface area (Å²) in [5, 5.41) is 58.6. The molecule has 28 heteroatoms. The van der Waals surface area contributed by atoms with Crippen molar-refractivity contribution in [1.82, 2.24) is 42.5 Å². The molecule has 4 atom stereocenters. The zero-order valence-corrected chi connectivity index (χ0v) is 42.2. The standard InChI is InChI=1S/C50H61N11O17/c1-26(63)59-35(9-6-18-55-50(51)52)47(74)56-23-40(66)60-37(22-41(67)68)48(75)61-36(46(73)54-17-4-2-7-34(58-25-62)45(72)57-24-42(69)70)8-3-5-16-53-44(71)27-10-13-30(33(19-27)49(76)77)43-31-14-11-28(64)20-38(31)78-39-21-29(65)12-15-32(39)43/h10-15,19-21,25,34-37,64H,2-9,16-18,22-24H2,1H3,(H,53,71)(H,54,73)(H,56,74)(H,57,72)(H,58,62)(H,59,63)(H,60,66)(H,61,75)(H,67,68)(H,69,70)(H,76,77)(H4,51,52,55)/t34-,35-,36-,37-/m0/s1. The summed E-state index contributed by atoms with van der Waals surface area (Å²) in [4.78, 5) is 153. The summed E-state index contributed by atoms with van der Waals surface area (Å²) in [5.41, 5.74) is 11.0. The molecule has 8 amide bonds. The van der Waals surface area contributed by atoms with E-state index in [1.807, 2.05) is 0 Å². The number of phenols is 1. The maximum absolute atomic E-state index is 13.7. The smallest absolute Gasteiger partial charge is 0.336 e. The number of carbonyl (C=O) groups excluding carboxylic acids is 8. The van der Waals surface area contributed by atoms with Gasteiger partial charge in [0.2, 0.25) is 41.9 Å². The van der Waals surface area contributed by atoms with Crippen LogP contribution in [0.2, 0.25) is 0 Å². The lowest BCUT2D eigenvalue weighted by atomic mass is 9.90. The van der Waals surface area contributed by atoms with Crippen LogP contribution in [0.15, 0.2) is 68.8 Å². The van der Waals surface area contributed by atoms with E-state index in [0.29, 0.717) is 16.5 Å². The van der Waals surface area contributed by atoms with Crippen LogP contribution >= 0.6 is 0 Å². The minimum atomic E-state index is -1.78. The van der Waals surface area contributed by atoms with Gasteiger partial charge in [-0.1, -0.05) is 6.07 Å². The highest BCUT2D eigenvalue weighted by molar-refractivity contribution is 6.09. The number of carboxylic acids is 3. The highest BCUT2D eigenvalue weighted by Crippen LogP contribution is 2.42. The number of hydrogen-bond donors (Lipinski definition) is 14. The van der Waals surface area contributed by atoms with Gasteiger partial charge in [0.15, 0.2) is 11.4 Å². The van der Waals surface area contributed by atoms with E-state index < -0.39 is 103 Å². The first kappa shape index (κ1) is 60.9. The molecule has 1 heterocycles. The Morgan fingerprint density at radius 1 is 0.654 bits per heavy atom. The molecule has 0 fully saturated rings. The number of amides is 8. The molecule has 2 aromatic rings.